The number of sulfonamides is 1. The van der Waals surface area contributed by atoms with Gasteiger partial charge in [-0.15, -0.1) is 11.3 Å². The molecule has 2 rings (SSSR count). The fraction of sp³-hybridized carbons (Fsp3) is 0.357. The molecule has 0 atom stereocenters. The van der Waals surface area contributed by atoms with Gasteiger partial charge in [0.25, 0.3) is 10.0 Å². The highest BCUT2D eigenvalue weighted by atomic mass is 32.2. The highest BCUT2D eigenvalue weighted by Gasteiger charge is 2.19. The van der Waals surface area contributed by atoms with Crippen LogP contribution in [0.1, 0.15) is 23.1 Å². The molecule has 1 heterocycles. The van der Waals surface area contributed by atoms with Crippen molar-refractivity contribution in [2.75, 3.05) is 11.3 Å². The lowest BCUT2D eigenvalue weighted by molar-refractivity contribution is 0.598. The van der Waals surface area contributed by atoms with Gasteiger partial charge in [-0.25, -0.2) is 13.4 Å². The van der Waals surface area contributed by atoms with Crippen molar-refractivity contribution in [3.8, 4) is 0 Å². The maximum Gasteiger partial charge on any atom is 0.263 e. The zero-order chi connectivity index (χ0) is 15.5. The quantitative estimate of drug-likeness (QED) is 0.856. The predicted molar refractivity (Wildman–Crippen MR) is 86.2 cm³/mol. The van der Waals surface area contributed by atoms with Crippen LogP contribution in [0.4, 0.5) is 5.13 Å². The summed E-state index contributed by atoms with van der Waals surface area (Å²) in [7, 11) is -3.62. The summed E-state index contributed by atoms with van der Waals surface area (Å²) in [5, 5.41) is 3.55. The summed E-state index contributed by atoms with van der Waals surface area (Å²) in [6, 6.07) is 6.99. The normalized spacial score (nSPS) is 11.6. The van der Waals surface area contributed by atoms with Crippen molar-refractivity contribution in [1.82, 2.24) is 10.3 Å². The standard InChI is InChI=1S/C14H19N3O2S2/c1-4-15-9-12-7-5-6-8-13(12)21(18,19)17-14-16-10(2)11(3)20-14/h5-8,15H,4,9H2,1-3H3,(H,16,17). The summed E-state index contributed by atoms with van der Waals surface area (Å²) in [6.07, 6.45) is 0. The summed E-state index contributed by atoms with van der Waals surface area (Å²) in [5.41, 5.74) is 1.59. The molecule has 2 aromatic rings. The van der Waals surface area contributed by atoms with Crippen molar-refractivity contribution in [1.29, 1.82) is 0 Å². The minimum Gasteiger partial charge on any atom is -0.313 e. The molecule has 114 valence electrons. The molecule has 0 spiro atoms. The number of nitrogens with zero attached hydrogens (tertiary/aromatic N) is 1. The van der Waals surface area contributed by atoms with Crippen molar-refractivity contribution in [2.24, 2.45) is 0 Å². The molecule has 0 fully saturated rings. The monoisotopic (exact) mass is 325 g/mol. The van der Waals surface area contributed by atoms with Gasteiger partial charge >= 0.3 is 0 Å². The molecule has 2 N–H and O–H groups in total. The number of rotatable bonds is 6. The fourth-order valence-corrected chi connectivity index (χ4v) is 4.15. The molecule has 0 aliphatic heterocycles. The lowest BCUT2D eigenvalue weighted by atomic mass is 10.2. The van der Waals surface area contributed by atoms with Gasteiger partial charge in [-0.1, -0.05) is 25.1 Å². The smallest absolute Gasteiger partial charge is 0.263 e. The first-order valence-electron chi connectivity index (χ1n) is 6.69. The largest absolute Gasteiger partial charge is 0.313 e. The zero-order valence-corrected chi connectivity index (χ0v) is 13.9. The van der Waals surface area contributed by atoms with Crippen LogP contribution in [-0.2, 0) is 16.6 Å². The lowest BCUT2D eigenvalue weighted by Crippen LogP contribution is -2.18. The average Bonchev–Trinajstić information content (AvgIpc) is 2.74. The SMILES string of the molecule is CCNCc1ccccc1S(=O)(=O)Nc1nc(C)c(C)s1. The molecule has 7 heteroatoms. The minimum atomic E-state index is -3.62. The first-order chi connectivity index (χ1) is 9.94. The van der Waals surface area contributed by atoms with Crippen LogP contribution >= 0.6 is 11.3 Å². The number of hydrogen-bond acceptors (Lipinski definition) is 5. The van der Waals surface area contributed by atoms with E-state index < -0.39 is 10.0 Å². The van der Waals surface area contributed by atoms with Gasteiger partial charge in [0.15, 0.2) is 5.13 Å². The molecular formula is C14H19N3O2S2. The van der Waals surface area contributed by atoms with Crippen LogP contribution in [0.5, 0.6) is 0 Å². The molecule has 0 amide bonds. The number of hydrogen-bond donors (Lipinski definition) is 2. The maximum absolute atomic E-state index is 12.5. The molecule has 0 unspecified atom stereocenters. The predicted octanol–water partition coefficient (Wildman–Crippen LogP) is 2.67. The molecule has 0 aliphatic carbocycles. The summed E-state index contributed by atoms with van der Waals surface area (Å²) in [6.45, 7) is 7.07. The molecule has 0 radical (unpaired) electrons. The van der Waals surface area contributed by atoms with Gasteiger partial charge in [-0.2, -0.15) is 0 Å². The molecule has 0 saturated carbocycles. The molecule has 0 aliphatic rings. The van der Waals surface area contributed by atoms with E-state index in [-0.39, 0.29) is 4.90 Å². The van der Waals surface area contributed by atoms with E-state index in [1.165, 1.54) is 11.3 Å². The second-order valence-electron chi connectivity index (χ2n) is 4.65. The maximum atomic E-state index is 12.5. The molecule has 1 aromatic carbocycles. The van der Waals surface area contributed by atoms with Gasteiger partial charge in [0.2, 0.25) is 0 Å². The summed E-state index contributed by atoms with van der Waals surface area (Å²) in [5.74, 6) is 0. The Balaban J connectivity index is 2.31. The van der Waals surface area contributed by atoms with Crippen LogP contribution in [-0.4, -0.2) is 19.9 Å². The number of thiazole rings is 1. The van der Waals surface area contributed by atoms with Crippen LogP contribution in [0.2, 0.25) is 0 Å². The van der Waals surface area contributed by atoms with Gasteiger partial charge in [0.05, 0.1) is 10.6 Å². The molecule has 0 bridgehead atoms. The first-order valence-corrected chi connectivity index (χ1v) is 8.99. The Kier molecular flexibility index (Phi) is 4.97. The third kappa shape index (κ3) is 3.81. The van der Waals surface area contributed by atoms with Crippen molar-refractivity contribution in [2.45, 2.75) is 32.2 Å². The highest BCUT2D eigenvalue weighted by molar-refractivity contribution is 7.93. The van der Waals surface area contributed by atoms with E-state index in [4.69, 9.17) is 0 Å². The summed E-state index contributed by atoms with van der Waals surface area (Å²) >= 11 is 1.34. The van der Waals surface area contributed by atoms with Gasteiger partial charge in [0.1, 0.15) is 0 Å². The number of anilines is 1. The van der Waals surface area contributed by atoms with E-state index in [9.17, 15) is 8.42 Å². The summed E-state index contributed by atoms with van der Waals surface area (Å²) < 4.78 is 27.6. The van der Waals surface area contributed by atoms with E-state index in [0.29, 0.717) is 11.7 Å². The fourth-order valence-electron chi connectivity index (χ4n) is 1.86. The van der Waals surface area contributed by atoms with Crippen molar-refractivity contribution in [3.63, 3.8) is 0 Å². The first kappa shape index (κ1) is 15.9. The van der Waals surface area contributed by atoms with Crippen LogP contribution in [0.15, 0.2) is 29.2 Å². The second kappa shape index (κ2) is 6.55. The molecule has 21 heavy (non-hydrogen) atoms. The van der Waals surface area contributed by atoms with Crippen LogP contribution in [0, 0.1) is 13.8 Å². The van der Waals surface area contributed by atoms with Crippen LogP contribution in [0.3, 0.4) is 0 Å². The lowest BCUT2D eigenvalue weighted by Gasteiger charge is -2.11. The topological polar surface area (TPSA) is 71.1 Å². The minimum absolute atomic E-state index is 0.288. The number of nitrogens with one attached hydrogen (secondary N) is 2. The molecule has 5 nitrogen and oxygen atoms in total. The van der Waals surface area contributed by atoms with E-state index in [2.05, 4.69) is 15.0 Å². The Morgan fingerprint density at radius 2 is 1.95 bits per heavy atom. The summed E-state index contributed by atoms with van der Waals surface area (Å²) in [4.78, 5) is 5.52. The Hall–Kier alpha value is -1.44. The Morgan fingerprint density at radius 3 is 2.57 bits per heavy atom. The van der Waals surface area contributed by atoms with E-state index >= 15 is 0 Å². The van der Waals surface area contributed by atoms with Gasteiger partial charge in [0, 0.05) is 11.4 Å². The third-order valence-electron chi connectivity index (χ3n) is 3.08. The second-order valence-corrected chi connectivity index (χ2v) is 7.51. The highest BCUT2D eigenvalue weighted by Crippen LogP contribution is 2.25. The Bertz CT molecular complexity index is 704. The van der Waals surface area contributed by atoms with E-state index in [1.54, 1.807) is 12.1 Å². The Morgan fingerprint density at radius 1 is 1.24 bits per heavy atom. The molecule has 1 aromatic heterocycles. The Labute approximate surface area is 129 Å². The van der Waals surface area contributed by atoms with E-state index in [0.717, 1.165) is 22.7 Å². The molecule has 0 saturated heterocycles. The number of benzene rings is 1. The molecular weight excluding hydrogens is 306 g/mol. The van der Waals surface area contributed by atoms with Crippen molar-refractivity contribution < 1.29 is 8.42 Å². The number of aromatic nitrogens is 1. The van der Waals surface area contributed by atoms with Gasteiger partial charge in [-0.3, -0.25) is 4.72 Å². The number of aryl methyl sites for hydroxylation is 2. The average molecular weight is 325 g/mol. The zero-order valence-electron chi connectivity index (χ0n) is 12.3. The van der Waals surface area contributed by atoms with E-state index in [1.807, 2.05) is 32.9 Å². The van der Waals surface area contributed by atoms with Crippen LogP contribution in [0.25, 0.3) is 0 Å². The third-order valence-corrected chi connectivity index (χ3v) is 5.63. The van der Waals surface area contributed by atoms with Crippen LogP contribution < -0.4 is 10.0 Å². The van der Waals surface area contributed by atoms with Gasteiger partial charge in [-0.05, 0) is 32.0 Å². The van der Waals surface area contributed by atoms with Crippen molar-refractivity contribution >= 4 is 26.5 Å². The van der Waals surface area contributed by atoms with Gasteiger partial charge < -0.3 is 5.32 Å². The van der Waals surface area contributed by atoms with Crippen molar-refractivity contribution in [3.05, 3.63) is 40.4 Å².